The molecule has 3 N–H and O–H groups in total. The first-order valence-corrected chi connectivity index (χ1v) is 7.37. The van der Waals surface area contributed by atoms with Crippen molar-refractivity contribution in [2.45, 2.75) is 70.3 Å². The van der Waals surface area contributed by atoms with Crippen molar-refractivity contribution >= 4 is 0 Å². The molecule has 1 saturated carbocycles. The van der Waals surface area contributed by atoms with E-state index in [1.807, 2.05) is 0 Å². The predicted octanol–water partition coefficient (Wildman–Crippen LogP) is 3.15. The summed E-state index contributed by atoms with van der Waals surface area (Å²) in [5.74, 6) is 0. The van der Waals surface area contributed by atoms with Gasteiger partial charge in [-0.3, -0.25) is 0 Å². The maximum Gasteiger partial charge on any atom is 0.0633 e. The number of allylic oxidation sites excluding steroid dienone is 1. The van der Waals surface area contributed by atoms with Crippen LogP contribution in [0.15, 0.2) is 11.6 Å². The minimum absolute atomic E-state index is 0.0953. The molecule has 2 aliphatic rings. The maximum atomic E-state index is 10.5. The van der Waals surface area contributed by atoms with E-state index in [2.05, 4.69) is 6.08 Å². The second-order valence-corrected chi connectivity index (χ2v) is 5.79. The summed E-state index contributed by atoms with van der Waals surface area (Å²) in [7, 11) is 0. The summed E-state index contributed by atoms with van der Waals surface area (Å²) in [6.45, 7) is 0.752. The standard InChI is InChI=1S/C15H27NO/c16-12-6-11-15(10-5-4-9-14(15)17)13-7-2-1-3-8-13/h7,14,17H,1-6,8-12,16H2/t14-,15-/m1/s1. The molecule has 1 fully saturated rings. The summed E-state index contributed by atoms with van der Waals surface area (Å²) in [6, 6.07) is 0. The van der Waals surface area contributed by atoms with E-state index in [0.29, 0.717) is 0 Å². The van der Waals surface area contributed by atoms with E-state index in [-0.39, 0.29) is 11.5 Å². The van der Waals surface area contributed by atoms with Gasteiger partial charge < -0.3 is 10.8 Å². The highest BCUT2D eigenvalue weighted by Gasteiger charge is 2.42. The summed E-state index contributed by atoms with van der Waals surface area (Å²) in [5.41, 5.74) is 7.33. The average molecular weight is 237 g/mol. The third kappa shape index (κ3) is 2.74. The van der Waals surface area contributed by atoms with Crippen LogP contribution in [0.2, 0.25) is 0 Å². The Morgan fingerprint density at radius 1 is 1.29 bits per heavy atom. The first-order valence-electron chi connectivity index (χ1n) is 7.37. The Morgan fingerprint density at radius 2 is 2.18 bits per heavy atom. The molecule has 2 aliphatic carbocycles. The molecule has 17 heavy (non-hydrogen) atoms. The molecule has 0 amide bonds. The molecule has 2 nitrogen and oxygen atoms in total. The van der Waals surface area contributed by atoms with Crippen LogP contribution in [0.4, 0.5) is 0 Å². The van der Waals surface area contributed by atoms with Gasteiger partial charge in [-0.2, -0.15) is 0 Å². The summed E-state index contributed by atoms with van der Waals surface area (Å²) >= 11 is 0. The molecule has 0 unspecified atom stereocenters. The van der Waals surface area contributed by atoms with Crippen LogP contribution in [0.1, 0.15) is 64.2 Å². The van der Waals surface area contributed by atoms with Crippen LogP contribution in [0.5, 0.6) is 0 Å². The Kier molecular flexibility index (Phi) is 4.63. The molecule has 2 heteroatoms. The molecular weight excluding hydrogens is 210 g/mol. The Labute approximate surface area is 105 Å². The van der Waals surface area contributed by atoms with Gasteiger partial charge in [-0.1, -0.05) is 24.5 Å². The van der Waals surface area contributed by atoms with E-state index >= 15 is 0 Å². The number of aliphatic hydroxyl groups is 1. The van der Waals surface area contributed by atoms with Gasteiger partial charge in [-0.05, 0) is 57.9 Å². The lowest BCUT2D eigenvalue weighted by molar-refractivity contribution is 0.00360. The van der Waals surface area contributed by atoms with Crippen LogP contribution in [-0.2, 0) is 0 Å². The molecule has 98 valence electrons. The highest BCUT2D eigenvalue weighted by atomic mass is 16.3. The topological polar surface area (TPSA) is 46.2 Å². The van der Waals surface area contributed by atoms with Gasteiger partial charge >= 0.3 is 0 Å². The van der Waals surface area contributed by atoms with Crippen LogP contribution in [0.25, 0.3) is 0 Å². The van der Waals surface area contributed by atoms with Gasteiger partial charge in [0.15, 0.2) is 0 Å². The largest absolute Gasteiger partial charge is 0.392 e. The lowest BCUT2D eigenvalue weighted by Crippen LogP contribution is -2.40. The van der Waals surface area contributed by atoms with E-state index in [9.17, 15) is 5.11 Å². The molecule has 0 bridgehead atoms. The molecule has 0 radical (unpaired) electrons. The molecule has 0 aromatic carbocycles. The number of nitrogens with two attached hydrogens (primary N) is 1. The fraction of sp³-hybridized carbons (Fsp3) is 0.867. The smallest absolute Gasteiger partial charge is 0.0633 e. The quantitative estimate of drug-likeness (QED) is 0.738. The number of hydrogen-bond acceptors (Lipinski definition) is 2. The second-order valence-electron chi connectivity index (χ2n) is 5.79. The lowest BCUT2D eigenvalue weighted by Gasteiger charge is -2.45. The average Bonchev–Trinajstić information content (AvgIpc) is 2.39. The fourth-order valence-corrected chi connectivity index (χ4v) is 3.76. The SMILES string of the molecule is NCCC[C@@]1(C2=CCCCC2)CCCC[C@H]1O. The molecule has 2 atom stereocenters. The first kappa shape index (κ1) is 13.1. The third-order valence-electron chi connectivity index (χ3n) is 4.75. The van der Waals surface area contributed by atoms with E-state index in [1.54, 1.807) is 5.57 Å². The van der Waals surface area contributed by atoms with E-state index in [0.717, 1.165) is 25.8 Å². The van der Waals surface area contributed by atoms with Gasteiger partial charge in [0.1, 0.15) is 0 Å². The maximum absolute atomic E-state index is 10.5. The van der Waals surface area contributed by atoms with Crippen LogP contribution in [0, 0.1) is 5.41 Å². The van der Waals surface area contributed by atoms with E-state index < -0.39 is 0 Å². The Bertz CT molecular complexity index is 274. The zero-order valence-corrected chi connectivity index (χ0v) is 11.0. The number of rotatable bonds is 4. The van der Waals surface area contributed by atoms with Gasteiger partial charge in [0, 0.05) is 5.41 Å². The summed E-state index contributed by atoms with van der Waals surface area (Å²) in [4.78, 5) is 0. The van der Waals surface area contributed by atoms with Crippen molar-refractivity contribution in [1.29, 1.82) is 0 Å². The summed E-state index contributed by atoms with van der Waals surface area (Å²) in [5, 5.41) is 10.5. The molecule has 0 aromatic heterocycles. The van der Waals surface area contributed by atoms with Crippen LogP contribution in [-0.4, -0.2) is 17.8 Å². The normalized spacial score (nSPS) is 34.5. The molecule has 0 heterocycles. The first-order chi connectivity index (χ1) is 8.29. The second kappa shape index (κ2) is 6.01. The van der Waals surface area contributed by atoms with Crippen molar-refractivity contribution in [2.75, 3.05) is 6.54 Å². The van der Waals surface area contributed by atoms with Crippen molar-refractivity contribution in [2.24, 2.45) is 11.1 Å². The van der Waals surface area contributed by atoms with Crippen molar-refractivity contribution in [1.82, 2.24) is 0 Å². The minimum Gasteiger partial charge on any atom is -0.392 e. The van der Waals surface area contributed by atoms with Gasteiger partial charge in [0.2, 0.25) is 0 Å². The zero-order valence-electron chi connectivity index (χ0n) is 11.0. The Morgan fingerprint density at radius 3 is 2.82 bits per heavy atom. The van der Waals surface area contributed by atoms with E-state index in [1.165, 1.54) is 44.9 Å². The monoisotopic (exact) mass is 237 g/mol. The zero-order chi connectivity index (χ0) is 12.1. The summed E-state index contributed by atoms with van der Waals surface area (Å²) < 4.78 is 0. The Balaban J connectivity index is 2.18. The van der Waals surface area contributed by atoms with Crippen molar-refractivity contribution in [3.8, 4) is 0 Å². The van der Waals surface area contributed by atoms with Crippen molar-refractivity contribution in [3.05, 3.63) is 11.6 Å². The van der Waals surface area contributed by atoms with Crippen molar-refractivity contribution in [3.63, 3.8) is 0 Å². The number of aliphatic hydroxyl groups excluding tert-OH is 1. The predicted molar refractivity (Wildman–Crippen MR) is 71.7 cm³/mol. The number of hydrogen-bond donors (Lipinski definition) is 2. The van der Waals surface area contributed by atoms with Crippen LogP contribution >= 0.6 is 0 Å². The lowest BCUT2D eigenvalue weighted by atomic mass is 9.62. The van der Waals surface area contributed by atoms with Gasteiger partial charge in [-0.15, -0.1) is 0 Å². The molecular formula is C15H27NO. The van der Waals surface area contributed by atoms with Gasteiger partial charge in [0.05, 0.1) is 6.10 Å². The minimum atomic E-state index is -0.118. The third-order valence-corrected chi connectivity index (χ3v) is 4.75. The molecule has 0 aromatic rings. The highest BCUT2D eigenvalue weighted by molar-refractivity contribution is 5.20. The van der Waals surface area contributed by atoms with Gasteiger partial charge in [0.25, 0.3) is 0 Å². The fourth-order valence-electron chi connectivity index (χ4n) is 3.76. The van der Waals surface area contributed by atoms with Crippen LogP contribution < -0.4 is 5.73 Å². The summed E-state index contributed by atoms with van der Waals surface area (Å²) in [6.07, 6.45) is 14.1. The van der Waals surface area contributed by atoms with Crippen LogP contribution in [0.3, 0.4) is 0 Å². The molecule has 0 spiro atoms. The van der Waals surface area contributed by atoms with E-state index in [4.69, 9.17) is 5.73 Å². The highest BCUT2D eigenvalue weighted by Crippen LogP contribution is 2.48. The Hall–Kier alpha value is -0.340. The van der Waals surface area contributed by atoms with Crippen molar-refractivity contribution < 1.29 is 5.11 Å². The molecule has 2 rings (SSSR count). The molecule has 0 aliphatic heterocycles. The molecule has 0 saturated heterocycles. The van der Waals surface area contributed by atoms with Gasteiger partial charge in [-0.25, -0.2) is 0 Å².